The van der Waals surface area contributed by atoms with Crippen LogP contribution in [0.5, 0.6) is 0 Å². The molecule has 0 saturated heterocycles. The second-order valence-corrected chi connectivity index (χ2v) is 14.1. The maximum absolute atomic E-state index is 13.4. The third-order valence-corrected chi connectivity index (χ3v) is 9.00. The van der Waals surface area contributed by atoms with E-state index in [0.29, 0.717) is 45.1 Å². The van der Waals surface area contributed by atoms with E-state index in [1.54, 1.807) is 0 Å². The van der Waals surface area contributed by atoms with E-state index < -0.39 is 47.7 Å². The van der Waals surface area contributed by atoms with Gasteiger partial charge in [-0.3, -0.25) is 28.8 Å². The molecule has 0 aliphatic carbocycles. The van der Waals surface area contributed by atoms with Crippen molar-refractivity contribution in [3.05, 3.63) is 0 Å². The van der Waals surface area contributed by atoms with E-state index in [1.165, 1.54) is 38.5 Å². The Morgan fingerprint density at radius 2 is 1.12 bits per heavy atom. The van der Waals surface area contributed by atoms with Gasteiger partial charge in [0.25, 0.3) is 0 Å². The lowest BCUT2D eigenvalue weighted by Crippen LogP contribution is -2.57. The van der Waals surface area contributed by atoms with Crippen LogP contribution in [0.3, 0.4) is 0 Å². The lowest BCUT2D eigenvalue weighted by molar-refractivity contribution is -0.137. The number of hydrogen-bond donors (Lipinski definition) is 7. The number of hydrogen-bond acceptors (Lipinski definition) is 7. The van der Waals surface area contributed by atoms with Gasteiger partial charge in [0.2, 0.25) is 29.5 Å². The molecular formula is C37H70N6O7. The molecule has 0 aromatic heterocycles. The van der Waals surface area contributed by atoms with Gasteiger partial charge in [-0.05, 0) is 56.9 Å². The van der Waals surface area contributed by atoms with Gasteiger partial charge in [-0.1, -0.05) is 105 Å². The van der Waals surface area contributed by atoms with Crippen LogP contribution in [0.25, 0.3) is 0 Å². The minimum absolute atomic E-state index is 0.123. The van der Waals surface area contributed by atoms with Crippen LogP contribution in [0.1, 0.15) is 156 Å². The minimum atomic E-state index is -0.918. The Bertz CT molecular complexity index is 993. The lowest BCUT2D eigenvalue weighted by atomic mass is 9.96. The van der Waals surface area contributed by atoms with Crippen LogP contribution in [0.15, 0.2) is 0 Å². The number of primary amides is 1. The summed E-state index contributed by atoms with van der Waals surface area (Å²) in [5.74, 6) is -3.22. The number of nitrogens with two attached hydrogens (primary N) is 2. The van der Waals surface area contributed by atoms with E-state index >= 15 is 0 Å². The number of carbonyl (C=O) groups is 6. The summed E-state index contributed by atoms with van der Waals surface area (Å²) in [5, 5.41) is 19.5. The average molecular weight is 711 g/mol. The third-order valence-electron chi connectivity index (χ3n) is 9.00. The SMILES string of the molecule is CC[C@H](C)[C@H](NC(=O)[C@H](CC(C)C)NC(=O)CCCCCCCCCCCCCCCC(=O)O)C(=O)NCC(=O)N[C@@H](CCCCN)C(N)=O. The highest BCUT2D eigenvalue weighted by atomic mass is 16.4. The Hall–Kier alpha value is -3.22. The molecule has 0 radical (unpaired) electrons. The number of amides is 5. The molecule has 50 heavy (non-hydrogen) atoms. The molecule has 0 unspecified atom stereocenters. The second kappa shape index (κ2) is 29.5. The van der Waals surface area contributed by atoms with Crippen molar-refractivity contribution in [3.8, 4) is 0 Å². The number of carboxylic acids is 1. The maximum Gasteiger partial charge on any atom is 0.303 e. The van der Waals surface area contributed by atoms with Crippen molar-refractivity contribution in [1.82, 2.24) is 21.3 Å². The summed E-state index contributed by atoms with van der Waals surface area (Å²) in [5.41, 5.74) is 10.9. The van der Waals surface area contributed by atoms with Crippen LogP contribution >= 0.6 is 0 Å². The Morgan fingerprint density at radius 1 is 0.620 bits per heavy atom. The average Bonchev–Trinajstić information content (AvgIpc) is 3.06. The van der Waals surface area contributed by atoms with Gasteiger partial charge in [-0.15, -0.1) is 0 Å². The van der Waals surface area contributed by atoms with Crippen LogP contribution in [-0.2, 0) is 28.8 Å². The first kappa shape index (κ1) is 46.8. The number of unbranched alkanes of at least 4 members (excludes halogenated alkanes) is 13. The molecule has 0 aromatic carbocycles. The monoisotopic (exact) mass is 711 g/mol. The molecule has 290 valence electrons. The van der Waals surface area contributed by atoms with Crippen LogP contribution in [0.4, 0.5) is 0 Å². The predicted molar refractivity (Wildman–Crippen MR) is 197 cm³/mol. The van der Waals surface area contributed by atoms with Gasteiger partial charge >= 0.3 is 5.97 Å². The van der Waals surface area contributed by atoms with Gasteiger partial charge in [0.05, 0.1) is 6.54 Å². The zero-order valence-corrected chi connectivity index (χ0v) is 31.5. The summed E-state index contributed by atoms with van der Waals surface area (Å²) in [6, 6.07) is -2.57. The van der Waals surface area contributed by atoms with Crippen LogP contribution < -0.4 is 32.7 Å². The number of carbonyl (C=O) groups excluding carboxylic acids is 5. The van der Waals surface area contributed by atoms with E-state index in [1.807, 2.05) is 27.7 Å². The molecule has 9 N–H and O–H groups in total. The first-order valence-corrected chi connectivity index (χ1v) is 19.2. The van der Waals surface area contributed by atoms with E-state index in [0.717, 1.165) is 44.9 Å². The van der Waals surface area contributed by atoms with Crippen molar-refractivity contribution in [2.45, 2.75) is 174 Å². The zero-order valence-electron chi connectivity index (χ0n) is 31.5. The van der Waals surface area contributed by atoms with Gasteiger partial charge < -0.3 is 37.8 Å². The van der Waals surface area contributed by atoms with Crippen molar-refractivity contribution in [2.75, 3.05) is 13.1 Å². The Labute approximate surface area is 301 Å². The van der Waals surface area contributed by atoms with E-state index in [4.69, 9.17) is 16.6 Å². The molecule has 0 spiro atoms. The predicted octanol–water partition coefficient (Wildman–Crippen LogP) is 4.20. The molecule has 0 heterocycles. The van der Waals surface area contributed by atoms with Crippen molar-refractivity contribution in [3.63, 3.8) is 0 Å². The molecule has 0 fully saturated rings. The topological polar surface area (TPSA) is 223 Å². The molecule has 0 aliphatic heterocycles. The Morgan fingerprint density at radius 3 is 1.58 bits per heavy atom. The van der Waals surface area contributed by atoms with E-state index in [-0.39, 0.29) is 30.7 Å². The standard InChI is InChI=1S/C37H70N6O7/c1-5-28(4)34(37(50)40-26-32(45)41-29(35(39)48)21-19-20-24-38)43-36(49)30(25-27(2)3)42-31(44)22-17-15-13-11-9-7-6-8-10-12-14-16-18-23-33(46)47/h27-30,34H,5-26,38H2,1-4H3,(H2,39,48)(H,40,50)(H,41,45)(H,42,44)(H,43,49)(H,46,47)/t28-,29-,30-,34-/m0/s1. The number of rotatable bonds is 32. The molecule has 13 nitrogen and oxygen atoms in total. The van der Waals surface area contributed by atoms with E-state index in [9.17, 15) is 28.8 Å². The normalized spacial score (nSPS) is 13.6. The Kier molecular flexibility index (Phi) is 27.6. The Balaban J connectivity index is 4.64. The minimum Gasteiger partial charge on any atom is -0.481 e. The number of aliphatic carboxylic acids is 1. The molecule has 13 heteroatoms. The first-order valence-electron chi connectivity index (χ1n) is 19.2. The van der Waals surface area contributed by atoms with Crippen molar-refractivity contribution < 1.29 is 33.9 Å². The van der Waals surface area contributed by atoms with Gasteiger partial charge in [0, 0.05) is 12.8 Å². The maximum atomic E-state index is 13.4. The van der Waals surface area contributed by atoms with Crippen molar-refractivity contribution in [1.29, 1.82) is 0 Å². The molecule has 0 aliphatic rings. The quantitative estimate of drug-likeness (QED) is 0.0500. The zero-order chi connectivity index (χ0) is 37.7. The highest BCUT2D eigenvalue weighted by Crippen LogP contribution is 2.14. The second-order valence-electron chi connectivity index (χ2n) is 14.1. The summed E-state index contributed by atoms with van der Waals surface area (Å²) in [7, 11) is 0. The van der Waals surface area contributed by atoms with Crippen LogP contribution in [-0.4, -0.2) is 71.8 Å². The molecule has 0 saturated carbocycles. The molecule has 0 rings (SSSR count). The molecule has 5 amide bonds. The van der Waals surface area contributed by atoms with Crippen LogP contribution in [0, 0.1) is 11.8 Å². The number of nitrogens with one attached hydrogen (secondary N) is 4. The fourth-order valence-electron chi connectivity index (χ4n) is 5.73. The fraction of sp³-hybridized carbons (Fsp3) is 0.838. The third kappa shape index (κ3) is 24.8. The summed E-state index contributed by atoms with van der Waals surface area (Å²) >= 11 is 0. The fourth-order valence-corrected chi connectivity index (χ4v) is 5.73. The van der Waals surface area contributed by atoms with Crippen molar-refractivity contribution in [2.24, 2.45) is 23.3 Å². The highest BCUT2D eigenvalue weighted by Gasteiger charge is 2.30. The van der Waals surface area contributed by atoms with Crippen molar-refractivity contribution >= 4 is 35.5 Å². The summed E-state index contributed by atoms with van der Waals surface area (Å²) < 4.78 is 0. The molecule has 0 bridgehead atoms. The van der Waals surface area contributed by atoms with E-state index in [2.05, 4.69) is 21.3 Å². The molecule has 4 atom stereocenters. The lowest BCUT2D eigenvalue weighted by Gasteiger charge is -2.27. The summed E-state index contributed by atoms with van der Waals surface area (Å²) in [6.45, 7) is 7.73. The van der Waals surface area contributed by atoms with Gasteiger partial charge in [0.1, 0.15) is 18.1 Å². The highest BCUT2D eigenvalue weighted by molar-refractivity contribution is 5.94. The van der Waals surface area contributed by atoms with Gasteiger partial charge in [-0.2, -0.15) is 0 Å². The summed E-state index contributed by atoms with van der Waals surface area (Å²) in [4.78, 5) is 74.1. The number of carboxylic acid groups (broad SMARTS) is 1. The molecular weight excluding hydrogens is 640 g/mol. The summed E-state index contributed by atoms with van der Waals surface area (Å²) in [6.07, 6.45) is 17.2. The van der Waals surface area contributed by atoms with Crippen LogP contribution in [0.2, 0.25) is 0 Å². The first-order chi connectivity index (χ1) is 23.8. The molecule has 0 aromatic rings. The largest absolute Gasteiger partial charge is 0.481 e. The smallest absolute Gasteiger partial charge is 0.303 e. The van der Waals surface area contributed by atoms with Gasteiger partial charge in [-0.25, -0.2) is 0 Å². The van der Waals surface area contributed by atoms with Gasteiger partial charge in [0.15, 0.2) is 0 Å².